The molecule has 0 aromatic carbocycles. The minimum absolute atomic E-state index is 0.0948. The van der Waals surface area contributed by atoms with Crippen molar-refractivity contribution in [2.45, 2.75) is 52.2 Å². The van der Waals surface area contributed by atoms with Gasteiger partial charge >= 0.3 is 6.16 Å². The predicted octanol–water partition coefficient (Wildman–Crippen LogP) is 2.07. The maximum atomic E-state index is 11.0. The Labute approximate surface area is 85.8 Å². The molecule has 0 aliphatic carbocycles. The molecule has 14 heavy (non-hydrogen) atoms. The summed E-state index contributed by atoms with van der Waals surface area (Å²) in [6.45, 7) is 7.71. The van der Waals surface area contributed by atoms with Crippen molar-refractivity contribution in [3.63, 3.8) is 0 Å². The van der Waals surface area contributed by atoms with Crippen LogP contribution in [0.1, 0.15) is 40.5 Å². The lowest BCUT2D eigenvalue weighted by molar-refractivity contribution is -0.00805. The highest BCUT2D eigenvalue weighted by Gasteiger charge is 2.17. The molecule has 0 rings (SSSR count). The van der Waals surface area contributed by atoms with Gasteiger partial charge in [-0.15, -0.1) is 0 Å². The average molecular weight is 203 g/mol. The van der Waals surface area contributed by atoms with E-state index in [2.05, 4.69) is 0 Å². The van der Waals surface area contributed by atoms with E-state index in [1.165, 1.54) is 0 Å². The molecular weight excluding hydrogens is 182 g/mol. The quantitative estimate of drug-likeness (QED) is 0.710. The van der Waals surface area contributed by atoms with Crippen molar-refractivity contribution in [2.75, 3.05) is 6.61 Å². The van der Waals surface area contributed by atoms with E-state index in [9.17, 15) is 4.79 Å². The summed E-state index contributed by atoms with van der Waals surface area (Å²) in [5.41, 5.74) is 5.16. The van der Waals surface area contributed by atoms with Gasteiger partial charge in [-0.2, -0.15) is 0 Å². The monoisotopic (exact) mass is 203 g/mol. The molecule has 0 aromatic heterocycles. The SMILES string of the molecule is CC[C@@H](N)CCOC(=O)OC(C)(C)C. The summed E-state index contributed by atoms with van der Waals surface area (Å²) in [6.07, 6.45) is 0.939. The van der Waals surface area contributed by atoms with Crippen LogP contribution < -0.4 is 5.73 Å². The van der Waals surface area contributed by atoms with Crippen LogP contribution in [0.25, 0.3) is 0 Å². The first-order valence-corrected chi connectivity index (χ1v) is 4.96. The van der Waals surface area contributed by atoms with E-state index in [1.54, 1.807) is 20.8 Å². The number of hydrogen-bond donors (Lipinski definition) is 1. The van der Waals surface area contributed by atoms with Crippen molar-refractivity contribution < 1.29 is 14.3 Å². The third kappa shape index (κ3) is 7.86. The van der Waals surface area contributed by atoms with Crippen LogP contribution in [-0.4, -0.2) is 24.4 Å². The summed E-state index contributed by atoms with van der Waals surface area (Å²) >= 11 is 0. The minimum atomic E-state index is -0.624. The summed E-state index contributed by atoms with van der Waals surface area (Å²) in [5, 5.41) is 0. The largest absolute Gasteiger partial charge is 0.508 e. The van der Waals surface area contributed by atoms with Crippen LogP contribution in [0, 0.1) is 0 Å². The molecule has 0 radical (unpaired) electrons. The summed E-state index contributed by atoms with van der Waals surface area (Å²) in [6, 6.07) is 0.0948. The van der Waals surface area contributed by atoms with Gasteiger partial charge in [-0.25, -0.2) is 4.79 Å². The molecule has 0 bridgehead atoms. The van der Waals surface area contributed by atoms with Gasteiger partial charge in [0.05, 0.1) is 6.61 Å². The zero-order valence-electron chi connectivity index (χ0n) is 9.50. The first-order valence-electron chi connectivity index (χ1n) is 4.96. The van der Waals surface area contributed by atoms with Crippen LogP contribution in [0.2, 0.25) is 0 Å². The predicted molar refractivity (Wildman–Crippen MR) is 55.1 cm³/mol. The lowest BCUT2D eigenvalue weighted by Crippen LogP contribution is -2.26. The third-order valence-electron chi connectivity index (χ3n) is 1.62. The highest BCUT2D eigenvalue weighted by molar-refractivity contribution is 5.60. The van der Waals surface area contributed by atoms with Gasteiger partial charge in [0.25, 0.3) is 0 Å². The van der Waals surface area contributed by atoms with Crippen LogP contribution >= 0.6 is 0 Å². The fourth-order valence-electron chi connectivity index (χ4n) is 0.777. The zero-order valence-corrected chi connectivity index (χ0v) is 9.50. The number of carbonyl (C=O) groups is 1. The number of carbonyl (C=O) groups excluding carboxylic acids is 1. The van der Waals surface area contributed by atoms with Gasteiger partial charge in [-0.1, -0.05) is 6.92 Å². The van der Waals surface area contributed by atoms with Crippen molar-refractivity contribution in [1.29, 1.82) is 0 Å². The average Bonchev–Trinajstić information content (AvgIpc) is 2.00. The Bertz CT molecular complexity index is 175. The lowest BCUT2D eigenvalue weighted by Gasteiger charge is -2.19. The van der Waals surface area contributed by atoms with E-state index < -0.39 is 11.8 Å². The van der Waals surface area contributed by atoms with Gasteiger partial charge in [0.1, 0.15) is 5.60 Å². The molecule has 1 atom stereocenters. The van der Waals surface area contributed by atoms with E-state index >= 15 is 0 Å². The molecule has 0 aliphatic heterocycles. The van der Waals surface area contributed by atoms with Gasteiger partial charge in [0, 0.05) is 6.04 Å². The number of nitrogens with two attached hydrogens (primary N) is 1. The van der Waals surface area contributed by atoms with E-state index in [0.29, 0.717) is 13.0 Å². The maximum Gasteiger partial charge on any atom is 0.508 e. The van der Waals surface area contributed by atoms with Gasteiger partial charge in [-0.05, 0) is 33.6 Å². The second kappa shape index (κ2) is 5.86. The molecule has 0 spiro atoms. The lowest BCUT2D eigenvalue weighted by atomic mass is 10.2. The van der Waals surface area contributed by atoms with E-state index in [0.717, 1.165) is 6.42 Å². The van der Waals surface area contributed by atoms with Crippen molar-refractivity contribution in [3.05, 3.63) is 0 Å². The molecular formula is C10H21NO3. The summed E-state index contributed by atoms with van der Waals surface area (Å²) in [7, 11) is 0. The van der Waals surface area contributed by atoms with Crippen molar-refractivity contribution in [1.82, 2.24) is 0 Å². The summed E-state index contributed by atoms with van der Waals surface area (Å²) in [5.74, 6) is 0. The number of ether oxygens (including phenoxy) is 2. The molecule has 0 aliphatic rings. The highest BCUT2D eigenvalue weighted by Crippen LogP contribution is 2.08. The van der Waals surface area contributed by atoms with Crippen molar-refractivity contribution in [2.24, 2.45) is 5.73 Å². The van der Waals surface area contributed by atoms with Crippen LogP contribution in [-0.2, 0) is 9.47 Å². The Morgan fingerprint density at radius 1 is 1.43 bits per heavy atom. The third-order valence-corrected chi connectivity index (χ3v) is 1.62. The normalized spacial score (nSPS) is 13.5. The molecule has 0 fully saturated rings. The maximum absolute atomic E-state index is 11.0. The molecule has 84 valence electrons. The highest BCUT2D eigenvalue weighted by atomic mass is 16.7. The van der Waals surface area contributed by atoms with Crippen LogP contribution in [0.15, 0.2) is 0 Å². The molecule has 0 amide bonds. The van der Waals surface area contributed by atoms with Gasteiger partial charge < -0.3 is 15.2 Å². The Morgan fingerprint density at radius 2 is 2.00 bits per heavy atom. The van der Waals surface area contributed by atoms with Crippen LogP contribution in [0.4, 0.5) is 4.79 Å². The molecule has 0 unspecified atom stereocenters. The first-order chi connectivity index (χ1) is 6.35. The number of rotatable bonds is 4. The second-order valence-electron chi connectivity index (χ2n) is 4.27. The molecule has 0 saturated heterocycles. The smallest absolute Gasteiger partial charge is 0.434 e. The molecule has 0 heterocycles. The molecule has 0 saturated carbocycles. The topological polar surface area (TPSA) is 61.5 Å². The van der Waals surface area contributed by atoms with Gasteiger partial charge in [0.2, 0.25) is 0 Å². The van der Waals surface area contributed by atoms with Crippen molar-refractivity contribution in [3.8, 4) is 0 Å². The van der Waals surface area contributed by atoms with Crippen LogP contribution in [0.3, 0.4) is 0 Å². The Kier molecular flexibility index (Phi) is 5.53. The molecule has 4 nitrogen and oxygen atoms in total. The summed E-state index contributed by atoms with van der Waals surface area (Å²) < 4.78 is 9.80. The fourth-order valence-corrected chi connectivity index (χ4v) is 0.777. The first kappa shape index (κ1) is 13.2. The Hall–Kier alpha value is -0.770. The minimum Gasteiger partial charge on any atom is -0.434 e. The molecule has 0 aromatic rings. The van der Waals surface area contributed by atoms with E-state index in [-0.39, 0.29) is 6.04 Å². The van der Waals surface area contributed by atoms with E-state index in [1.807, 2.05) is 6.92 Å². The fraction of sp³-hybridized carbons (Fsp3) is 0.900. The van der Waals surface area contributed by atoms with E-state index in [4.69, 9.17) is 15.2 Å². The van der Waals surface area contributed by atoms with Crippen molar-refractivity contribution >= 4 is 6.16 Å². The van der Waals surface area contributed by atoms with Gasteiger partial charge in [-0.3, -0.25) is 0 Å². The molecule has 4 heteroatoms. The summed E-state index contributed by atoms with van der Waals surface area (Å²) in [4.78, 5) is 11.0. The zero-order chi connectivity index (χ0) is 11.2. The van der Waals surface area contributed by atoms with Crippen LogP contribution in [0.5, 0.6) is 0 Å². The number of hydrogen-bond acceptors (Lipinski definition) is 4. The Balaban J connectivity index is 3.55. The second-order valence-corrected chi connectivity index (χ2v) is 4.27. The molecule has 2 N–H and O–H groups in total. The Morgan fingerprint density at radius 3 is 2.43 bits per heavy atom. The standard InChI is InChI=1S/C10H21NO3/c1-5-8(11)6-7-13-9(12)14-10(2,3)4/h8H,5-7,11H2,1-4H3/t8-/m1/s1. The van der Waals surface area contributed by atoms with Gasteiger partial charge in [0.15, 0.2) is 0 Å².